The van der Waals surface area contributed by atoms with Gasteiger partial charge >= 0.3 is 0 Å². The first-order chi connectivity index (χ1) is 10.6. The van der Waals surface area contributed by atoms with Crippen molar-refractivity contribution >= 4 is 11.6 Å². The standard InChI is InChI=1S/C15H10F2N4O/c16-10-1-2-12(11(17)7-10)19-15(22)14-8-13(20-21-14)9-3-5-18-6-4-9/h1-8H,(H,19,22)(H,20,21). The lowest BCUT2D eigenvalue weighted by Crippen LogP contribution is -2.13. The van der Waals surface area contributed by atoms with Crippen LogP contribution < -0.4 is 5.32 Å². The highest BCUT2D eigenvalue weighted by Gasteiger charge is 2.13. The van der Waals surface area contributed by atoms with E-state index in [-0.39, 0.29) is 11.4 Å². The molecule has 0 bridgehead atoms. The summed E-state index contributed by atoms with van der Waals surface area (Å²) in [7, 11) is 0. The number of H-pyrrole nitrogens is 1. The van der Waals surface area contributed by atoms with E-state index in [1.54, 1.807) is 24.5 Å². The molecule has 0 aliphatic rings. The van der Waals surface area contributed by atoms with Gasteiger partial charge in [-0.25, -0.2) is 8.78 Å². The van der Waals surface area contributed by atoms with E-state index >= 15 is 0 Å². The third-order valence-electron chi connectivity index (χ3n) is 2.98. The molecule has 2 aromatic heterocycles. The van der Waals surface area contributed by atoms with Crippen LogP contribution in [0.15, 0.2) is 48.8 Å². The lowest BCUT2D eigenvalue weighted by atomic mass is 10.2. The molecule has 2 heterocycles. The average Bonchev–Trinajstić information content (AvgIpc) is 3.01. The SMILES string of the molecule is O=C(Nc1ccc(F)cc1F)c1cc(-c2ccncc2)n[nH]1. The Morgan fingerprint density at radius 3 is 2.59 bits per heavy atom. The van der Waals surface area contributed by atoms with E-state index in [1.165, 1.54) is 6.07 Å². The number of pyridine rings is 1. The van der Waals surface area contributed by atoms with Crippen LogP contribution >= 0.6 is 0 Å². The fourth-order valence-electron chi connectivity index (χ4n) is 1.89. The number of nitrogens with one attached hydrogen (secondary N) is 2. The van der Waals surface area contributed by atoms with Crippen LogP contribution in [-0.4, -0.2) is 21.1 Å². The van der Waals surface area contributed by atoms with Gasteiger partial charge in [0, 0.05) is 24.0 Å². The first-order valence-corrected chi connectivity index (χ1v) is 6.36. The molecule has 3 aromatic rings. The van der Waals surface area contributed by atoms with Gasteiger partial charge in [0.15, 0.2) is 0 Å². The predicted octanol–water partition coefficient (Wildman–Crippen LogP) is 3.00. The van der Waals surface area contributed by atoms with E-state index in [4.69, 9.17) is 0 Å². The van der Waals surface area contributed by atoms with E-state index in [0.717, 1.165) is 17.7 Å². The van der Waals surface area contributed by atoms with Crippen molar-refractivity contribution in [3.8, 4) is 11.3 Å². The number of halogens is 2. The Labute approximate surface area is 124 Å². The van der Waals surface area contributed by atoms with Crippen LogP contribution in [0.3, 0.4) is 0 Å². The highest BCUT2D eigenvalue weighted by molar-refractivity contribution is 6.03. The number of carbonyl (C=O) groups excluding carboxylic acids is 1. The van der Waals surface area contributed by atoms with E-state index in [9.17, 15) is 13.6 Å². The summed E-state index contributed by atoms with van der Waals surface area (Å²) < 4.78 is 26.3. The summed E-state index contributed by atoms with van der Waals surface area (Å²) >= 11 is 0. The largest absolute Gasteiger partial charge is 0.318 e. The van der Waals surface area contributed by atoms with Crippen LogP contribution in [0.25, 0.3) is 11.3 Å². The number of benzene rings is 1. The molecule has 5 nitrogen and oxygen atoms in total. The van der Waals surface area contributed by atoms with Crippen LogP contribution in [0.5, 0.6) is 0 Å². The van der Waals surface area contributed by atoms with Gasteiger partial charge in [0.25, 0.3) is 5.91 Å². The number of amides is 1. The second-order valence-corrected chi connectivity index (χ2v) is 4.48. The highest BCUT2D eigenvalue weighted by Crippen LogP contribution is 2.18. The van der Waals surface area contributed by atoms with Gasteiger partial charge in [0.1, 0.15) is 17.3 Å². The Kier molecular flexibility index (Phi) is 3.61. The van der Waals surface area contributed by atoms with Crippen LogP contribution in [0.1, 0.15) is 10.5 Å². The van der Waals surface area contributed by atoms with Gasteiger partial charge in [-0.2, -0.15) is 5.10 Å². The van der Waals surface area contributed by atoms with Crippen LogP contribution in [0.4, 0.5) is 14.5 Å². The molecule has 1 amide bonds. The molecule has 0 fully saturated rings. The van der Waals surface area contributed by atoms with Crippen molar-refractivity contribution < 1.29 is 13.6 Å². The molecular weight excluding hydrogens is 290 g/mol. The molecule has 0 radical (unpaired) electrons. The quantitative estimate of drug-likeness (QED) is 0.781. The normalized spacial score (nSPS) is 10.5. The second kappa shape index (κ2) is 5.72. The molecule has 22 heavy (non-hydrogen) atoms. The van der Waals surface area contributed by atoms with Gasteiger partial charge in [-0.1, -0.05) is 0 Å². The summed E-state index contributed by atoms with van der Waals surface area (Å²) in [6.07, 6.45) is 3.22. The fraction of sp³-hybridized carbons (Fsp3) is 0. The third kappa shape index (κ3) is 2.83. The summed E-state index contributed by atoms with van der Waals surface area (Å²) in [6.45, 7) is 0. The minimum Gasteiger partial charge on any atom is -0.318 e. The minimum absolute atomic E-state index is 0.105. The van der Waals surface area contributed by atoms with E-state index < -0.39 is 17.5 Å². The monoisotopic (exact) mass is 300 g/mol. The second-order valence-electron chi connectivity index (χ2n) is 4.48. The van der Waals surface area contributed by atoms with Crippen LogP contribution in [0, 0.1) is 11.6 Å². The lowest BCUT2D eigenvalue weighted by Gasteiger charge is -2.04. The van der Waals surface area contributed by atoms with Crippen molar-refractivity contribution in [3.63, 3.8) is 0 Å². The molecule has 3 rings (SSSR count). The molecule has 0 unspecified atom stereocenters. The Bertz CT molecular complexity index is 817. The lowest BCUT2D eigenvalue weighted by molar-refractivity contribution is 0.102. The zero-order valence-electron chi connectivity index (χ0n) is 11.2. The summed E-state index contributed by atoms with van der Waals surface area (Å²) in [4.78, 5) is 15.9. The molecule has 0 saturated carbocycles. The molecule has 1 aromatic carbocycles. The number of nitrogens with zero attached hydrogens (tertiary/aromatic N) is 2. The van der Waals surface area contributed by atoms with Gasteiger partial charge in [0.05, 0.1) is 11.4 Å². The first-order valence-electron chi connectivity index (χ1n) is 6.36. The maximum atomic E-state index is 13.5. The molecule has 0 aliphatic heterocycles. The number of rotatable bonds is 3. The number of anilines is 1. The maximum absolute atomic E-state index is 13.5. The molecule has 110 valence electrons. The number of hydrogen-bond acceptors (Lipinski definition) is 3. The Morgan fingerprint density at radius 1 is 1.09 bits per heavy atom. The molecule has 0 atom stereocenters. The van der Waals surface area contributed by atoms with Crippen LogP contribution in [0.2, 0.25) is 0 Å². The van der Waals surface area contributed by atoms with Crippen molar-refractivity contribution in [2.75, 3.05) is 5.32 Å². The van der Waals surface area contributed by atoms with E-state index in [1.807, 2.05) is 0 Å². The van der Waals surface area contributed by atoms with Crippen molar-refractivity contribution in [1.29, 1.82) is 0 Å². The first kappa shape index (κ1) is 13.9. The number of aromatic amines is 1. The Balaban J connectivity index is 1.80. The van der Waals surface area contributed by atoms with E-state index in [0.29, 0.717) is 11.8 Å². The van der Waals surface area contributed by atoms with Gasteiger partial charge in [-0.15, -0.1) is 0 Å². The molecule has 0 saturated heterocycles. The van der Waals surface area contributed by atoms with Crippen molar-refractivity contribution in [3.05, 3.63) is 66.1 Å². The smallest absolute Gasteiger partial charge is 0.273 e. The fourth-order valence-corrected chi connectivity index (χ4v) is 1.89. The van der Waals surface area contributed by atoms with Crippen molar-refractivity contribution in [2.24, 2.45) is 0 Å². The van der Waals surface area contributed by atoms with Crippen molar-refractivity contribution in [1.82, 2.24) is 15.2 Å². The summed E-state index contributed by atoms with van der Waals surface area (Å²) in [5.74, 6) is -2.13. The predicted molar refractivity (Wildman–Crippen MR) is 76.1 cm³/mol. The van der Waals surface area contributed by atoms with Gasteiger partial charge < -0.3 is 5.32 Å². The zero-order chi connectivity index (χ0) is 15.5. The highest BCUT2D eigenvalue weighted by atomic mass is 19.1. The van der Waals surface area contributed by atoms with Crippen molar-refractivity contribution in [2.45, 2.75) is 0 Å². The number of carbonyl (C=O) groups is 1. The minimum atomic E-state index is -0.845. The zero-order valence-corrected chi connectivity index (χ0v) is 11.2. The molecular formula is C15H10F2N4O. The third-order valence-corrected chi connectivity index (χ3v) is 2.98. The molecule has 2 N–H and O–H groups in total. The maximum Gasteiger partial charge on any atom is 0.273 e. The summed E-state index contributed by atoms with van der Waals surface area (Å²) in [6, 6.07) is 7.95. The summed E-state index contributed by atoms with van der Waals surface area (Å²) in [5, 5.41) is 8.95. The molecule has 0 spiro atoms. The van der Waals surface area contributed by atoms with Gasteiger partial charge in [-0.05, 0) is 30.3 Å². The average molecular weight is 300 g/mol. The Morgan fingerprint density at radius 2 is 1.86 bits per heavy atom. The Hall–Kier alpha value is -3.09. The number of aromatic nitrogens is 3. The van der Waals surface area contributed by atoms with E-state index in [2.05, 4.69) is 20.5 Å². The topological polar surface area (TPSA) is 70.7 Å². The molecule has 7 heteroatoms. The number of hydrogen-bond donors (Lipinski definition) is 2. The molecule has 0 aliphatic carbocycles. The van der Waals surface area contributed by atoms with Crippen LogP contribution in [-0.2, 0) is 0 Å². The van der Waals surface area contributed by atoms with Gasteiger partial charge in [0.2, 0.25) is 0 Å². The summed E-state index contributed by atoms with van der Waals surface area (Å²) in [5.41, 5.74) is 1.41. The van der Waals surface area contributed by atoms with Gasteiger partial charge in [-0.3, -0.25) is 14.9 Å².